The number of aliphatic hydroxyl groups excluding tert-OH is 1. The Hall–Kier alpha value is -1.79. The molecule has 24 heavy (non-hydrogen) atoms. The number of hydrogen-bond donors (Lipinski definition) is 1. The van der Waals surface area contributed by atoms with Gasteiger partial charge in [0, 0.05) is 24.2 Å². The van der Waals surface area contributed by atoms with E-state index in [0.29, 0.717) is 11.8 Å². The molecule has 5 nitrogen and oxygen atoms in total. The fourth-order valence-electron chi connectivity index (χ4n) is 4.29. The molecule has 3 fully saturated rings. The number of hydrogen-bond acceptors (Lipinski definition) is 3. The molecule has 2 aromatic rings. The van der Waals surface area contributed by atoms with Crippen LogP contribution in [0.2, 0.25) is 0 Å². The Balaban J connectivity index is 0.00000104. The van der Waals surface area contributed by atoms with E-state index >= 15 is 0 Å². The Morgan fingerprint density at radius 1 is 1.25 bits per heavy atom. The minimum absolute atomic E-state index is 0. The van der Waals surface area contributed by atoms with Gasteiger partial charge in [0.25, 0.3) is 0 Å². The van der Waals surface area contributed by atoms with E-state index in [1.807, 2.05) is 30.5 Å². The van der Waals surface area contributed by atoms with Crippen molar-refractivity contribution in [3.8, 4) is 0 Å². The summed E-state index contributed by atoms with van der Waals surface area (Å²) in [6, 6.07) is 10.3. The quantitative estimate of drug-likeness (QED) is 0.863. The summed E-state index contributed by atoms with van der Waals surface area (Å²) >= 11 is 0. The molecule has 2 bridgehead atoms. The van der Waals surface area contributed by atoms with Crippen molar-refractivity contribution in [2.45, 2.75) is 25.0 Å². The molecule has 0 saturated carbocycles. The molecule has 0 aliphatic carbocycles. The smallest absolute Gasteiger partial charge is 0.0952 e. The Bertz CT molecular complexity index is 701. The molecule has 0 radical (unpaired) electrons. The molecular formula is C19H26N2O3. The fraction of sp³-hybridized carbons (Fsp3) is 0.421. The van der Waals surface area contributed by atoms with Crippen LogP contribution in [0.25, 0.3) is 10.9 Å². The second-order valence-corrected chi connectivity index (χ2v) is 6.61. The van der Waals surface area contributed by atoms with Crippen LogP contribution < -0.4 is 0 Å². The van der Waals surface area contributed by atoms with E-state index < -0.39 is 6.10 Å². The van der Waals surface area contributed by atoms with E-state index in [0.717, 1.165) is 36.0 Å². The van der Waals surface area contributed by atoms with Crippen LogP contribution in [0.15, 0.2) is 49.2 Å². The zero-order valence-corrected chi connectivity index (χ0v) is 13.7. The number of para-hydroxylation sites is 1. The molecule has 4 heterocycles. The van der Waals surface area contributed by atoms with Crippen LogP contribution in [0.4, 0.5) is 0 Å². The van der Waals surface area contributed by atoms with E-state index in [2.05, 4.69) is 28.6 Å². The molecule has 5 heteroatoms. The Labute approximate surface area is 142 Å². The molecule has 1 aromatic carbocycles. The number of benzene rings is 1. The molecular weight excluding hydrogens is 304 g/mol. The Morgan fingerprint density at radius 2 is 2.04 bits per heavy atom. The number of piperidine rings is 3. The molecule has 1 aromatic heterocycles. The topological polar surface area (TPSA) is 99.4 Å². The summed E-state index contributed by atoms with van der Waals surface area (Å²) in [6.07, 6.45) is 5.76. The molecule has 0 spiro atoms. The molecule has 3 aliphatic heterocycles. The van der Waals surface area contributed by atoms with E-state index in [-0.39, 0.29) is 17.0 Å². The van der Waals surface area contributed by atoms with Crippen molar-refractivity contribution in [2.24, 2.45) is 11.8 Å². The summed E-state index contributed by atoms with van der Waals surface area (Å²) in [4.78, 5) is 6.86. The summed E-state index contributed by atoms with van der Waals surface area (Å²) in [5.74, 6) is 1.27. The lowest BCUT2D eigenvalue weighted by Gasteiger charge is -2.50. The average molecular weight is 330 g/mol. The monoisotopic (exact) mass is 330 g/mol. The maximum Gasteiger partial charge on any atom is 0.0952 e. The van der Waals surface area contributed by atoms with Crippen LogP contribution in [-0.4, -0.2) is 45.1 Å². The fourth-order valence-corrected chi connectivity index (χ4v) is 4.29. The molecule has 1 unspecified atom stereocenters. The third-order valence-corrected chi connectivity index (χ3v) is 5.52. The Kier molecular flexibility index (Phi) is 5.72. The predicted octanol–water partition coefficient (Wildman–Crippen LogP) is 1.52. The average Bonchev–Trinajstić information content (AvgIpc) is 2.60. The van der Waals surface area contributed by atoms with Crippen LogP contribution in [0.1, 0.15) is 24.5 Å². The standard InChI is InChI=1S/C19H22N2O.2H2O/c1-2-13-12-21-10-8-14(13)11-18(21)19(22)16-7-9-20-17-6-4-3-5-15(16)17;;/h2-7,9,13-14,18-19,22H,1,8,10-12H2;2*1H2/t13-,14-,18+,19-;;/m0../s1. The van der Waals surface area contributed by atoms with Crippen LogP contribution in [-0.2, 0) is 0 Å². The van der Waals surface area contributed by atoms with Gasteiger partial charge in [-0.1, -0.05) is 24.3 Å². The van der Waals surface area contributed by atoms with Crippen molar-refractivity contribution in [3.05, 3.63) is 54.7 Å². The zero-order valence-electron chi connectivity index (χ0n) is 13.7. The van der Waals surface area contributed by atoms with Crippen LogP contribution in [0.3, 0.4) is 0 Å². The maximum atomic E-state index is 11.0. The number of aliphatic hydroxyl groups is 1. The van der Waals surface area contributed by atoms with E-state index in [9.17, 15) is 5.11 Å². The van der Waals surface area contributed by atoms with Gasteiger partial charge in [-0.2, -0.15) is 0 Å². The van der Waals surface area contributed by atoms with Crippen molar-refractivity contribution in [1.29, 1.82) is 0 Å². The molecule has 5 rings (SSSR count). The number of pyridine rings is 1. The van der Waals surface area contributed by atoms with Gasteiger partial charge in [-0.05, 0) is 48.9 Å². The number of rotatable bonds is 3. The third kappa shape index (κ3) is 2.96. The molecule has 0 amide bonds. The van der Waals surface area contributed by atoms with Gasteiger partial charge >= 0.3 is 0 Å². The maximum absolute atomic E-state index is 11.0. The number of fused-ring (bicyclic) bond motifs is 4. The van der Waals surface area contributed by atoms with Crippen LogP contribution >= 0.6 is 0 Å². The van der Waals surface area contributed by atoms with E-state index in [1.54, 1.807) is 0 Å². The second-order valence-electron chi connectivity index (χ2n) is 6.61. The van der Waals surface area contributed by atoms with Crippen LogP contribution in [0.5, 0.6) is 0 Å². The van der Waals surface area contributed by atoms with Gasteiger partial charge in [0.15, 0.2) is 0 Å². The lowest BCUT2D eigenvalue weighted by atomic mass is 9.73. The third-order valence-electron chi connectivity index (χ3n) is 5.52. The van der Waals surface area contributed by atoms with Gasteiger partial charge in [0.05, 0.1) is 11.6 Å². The van der Waals surface area contributed by atoms with Crippen molar-refractivity contribution in [2.75, 3.05) is 13.1 Å². The van der Waals surface area contributed by atoms with Crippen LogP contribution in [0, 0.1) is 11.8 Å². The summed E-state index contributed by atoms with van der Waals surface area (Å²) in [5, 5.41) is 12.1. The van der Waals surface area contributed by atoms with Gasteiger partial charge in [-0.25, -0.2) is 0 Å². The minimum Gasteiger partial charge on any atom is -0.412 e. The van der Waals surface area contributed by atoms with Crippen molar-refractivity contribution < 1.29 is 16.1 Å². The Morgan fingerprint density at radius 3 is 2.75 bits per heavy atom. The highest BCUT2D eigenvalue weighted by Crippen LogP contribution is 2.41. The highest BCUT2D eigenvalue weighted by molar-refractivity contribution is 5.82. The lowest BCUT2D eigenvalue weighted by Crippen LogP contribution is -2.54. The summed E-state index contributed by atoms with van der Waals surface area (Å²) in [6.45, 7) is 6.11. The first-order valence-electron chi connectivity index (χ1n) is 8.16. The molecule has 130 valence electrons. The first-order chi connectivity index (χ1) is 10.8. The number of aromatic nitrogens is 1. The van der Waals surface area contributed by atoms with Gasteiger partial charge < -0.3 is 16.1 Å². The largest absolute Gasteiger partial charge is 0.412 e. The van der Waals surface area contributed by atoms with E-state index in [1.165, 1.54) is 6.42 Å². The molecule has 5 atom stereocenters. The highest BCUT2D eigenvalue weighted by Gasteiger charge is 2.42. The second kappa shape index (κ2) is 7.40. The molecule has 3 saturated heterocycles. The van der Waals surface area contributed by atoms with Gasteiger partial charge in [-0.3, -0.25) is 9.88 Å². The summed E-state index contributed by atoms with van der Waals surface area (Å²) in [5.41, 5.74) is 1.97. The molecule has 3 aliphatic rings. The summed E-state index contributed by atoms with van der Waals surface area (Å²) in [7, 11) is 0. The minimum atomic E-state index is -0.443. The van der Waals surface area contributed by atoms with Crippen molar-refractivity contribution in [3.63, 3.8) is 0 Å². The first kappa shape index (κ1) is 18.5. The first-order valence-corrected chi connectivity index (χ1v) is 8.16. The van der Waals surface area contributed by atoms with E-state index in [4.69, 9.17) is 0 Å². The SMILES string of the molecule is C=C[C@H]1CN2CC[C@H]1C[C@@H]2[C@@H](O)c1ccnc2ccccc12.O.O. The normalized spacial score (nSPS) is 29.4. The number of nitrogens with zero attached hydrogens (tertiary/aromatic N) is 2. The van der Waals surface area contributed by atoms with Gasteiger partial charge in [-0.15, -0.1) is 6.58 Å². The zero-order chi connectivity index (χ0) is 15.1. The predicted molar refractivity (Wildman–Crippen MR) is 95.7 cm³/mol. The molecule has 5 N–H and O–H groups in total. The van der Waals surface area contributed by atoms with Gasteiger partial charge in [0.2, 0.25) is 0 Å². The van der Waals surface area contributed by atoms with Gasteiger partial charge in [0.1, 0.15) is 0 Å². The van der Waals surface area contributed by atoms with Crippen molar-refractivity contribution in [1.82, 2.24) is 9.88 Å². The highest BCUT2D eigenvalue weighted by atomic mass is 16.3. The lowest BCUT2D eigenvalue weighted by molar-refractivity contribution is -0.0444. The van der Waals surface area contributed by atoms with Crippen molar-refractivity contribution >= 4 is 10.9 Å². The summed E-state index contributed by atoms with van der Waals surface area (Å²) < 4.78 is 0.